The van der Waals surface area contributed by atoms with Crippen LogP contribution in [0.5, 0.6) is 0 Å². The van der Waals surface area contributed by atoms with Gasteiger partial charge in [0, 0.05) is 7.05 Å². The molecule has 108 valence electrons. The largest absolute Gasteiger partial charge is 0.308 e. The summed E-state index contributed by atoms with van der Waals surface area (Å²) >= 11 is 3.55. The van der Waals surface area contributed by atoms with Crippen molar-refractivity contribution in [3.8, 4) is 0 Å². The zero-order chi connectivity index (χ0) is 14.5. The average molecular weight is 340 g/mol. The van der Waals surface area contributed by atoms with E-state index in [1.54, 1.807) is 6.20 Å². The predicted octanol–water partition coefficient (Wildman–Crippen LogP) is 3.61. The van der Waals surface area contributed by atoms with Gasteiger partial charge in [-0.25, -0.2) is 4.39 Å². The third kappa shape index (κ3) is 3.67. The Morgan fingerprint density at radius 1 is 1.35 bits per heavy atom. The quantitative estimate of drug-likeness (QED) is 0.871. The molecule has 0 radical (unpaired) electrons. The summed E-state index contributed by atoms with van der Waals surface area (Å²) in [6, 6.07) is 6.83. The van der Waals surface area contributed by atoms with Crippen molar-refractivity contribution in [3.05, 3.63) is 52.0 Å². The summed E-state index contributed by atoms with van der Waals surface area (Å²) in [5.41, 5.74) is 2.22. The van der Waals surface area contributed by atoms with Crippen LogP contribution in [0, 0.1) is 5.82 Å². The molecule has 2 aromatic rings. The van der Waals surface area contributed by atoms with Gasteiger partial charge in [-0.15, -0.1) is 0 Å². The third-order valence-electron chi connectivity index (χ3n) is 3.26. The monoisotopic (exact) mass is 339 g/mol. The summed E-state index contributed by atoms with van der Waals surface area (Å²) in [6.45, 7) is 3.07. The van der Waals surface area contributed by atoms with E-state index in [0.29, 0.717) is 0 Å². The topological polar surface area (TPSA) is 29.9 Å². The van der Waals surface area contributed by atoms with Crippen LogP contribution in [0.15, 0.2) is 34.9 Å². The Morgan fingerprint density at radius 2 is 2.05 bits per heavy atom. The maximum atomic E-state index is 13.0. The molecule has 1 heterocycles. The van der Waals surface area contributed by atoms with Crippen LogP contribution in [0.4, 0.5) is 4.39 Å². The highest BCUT2D eigenvalue weighted by molar-refractivity contribution is 9.10. The van der Waals surface area contributed by atoms with Crippen LogP contribution in [0.3, 0.4) is 0 Å². The number of hydrogen-bond acceptors (Lipinski definition) is 2. The minimum Gasteiger partial charge on any atom is -0.308 e. The smallest absolute Gasteiger partial charge is 0.123 e. The molecule has 0 aliphatic rings. The van der Waals surface area contributed by atoms with Gasteiger partial charge in [0.1, 0.15) is 5.82 Å². The van der Waals surface area contributed by atoms with Gasteiger partial charge in [0.25, 0.3) is 0 Å². The summed E-state index contributed by atoms with van der Waals surface area (Å²) in [5, 5.41) is 7.80. The van der Waals surface area contributed by atoms with Crippen LogP contribution in [-0.2, 0) is 13.5 Å². The van der Waals surface area contributed by atoms with Crippen LogP contribution in [0.2, 0.25) is 0 Å². The van der Waals surface area contributed by atoms with Crippen LogP contribution in [-0.4, -0.2) is 16.3 Å². The number of rotatable bonds is 6. The highest BCUT2D eigenvalue weighted by Crippen LogP contribution is 2.25. The first-order valence-electron chi connectivity index (χ1n) is 6.77. The number of aryl methyl sites for hydroxylation is 1. The molecule has 1 aromatic carbocycles. The second-order valence-corrected chi connectivity index (χ2v) is 5.69. The van der Waals surface area contributed by atoms with Crippen LogP contribution >= 0.6 is 15.9 Å². The van der Waals surface area contributed by atoms with Gasteiger partial charge in [-0.3, -0.25) is 4.68 Å². The Kier molecular flexibility index (Phi) is 5.31. The van der Waals surface area contributed by atoms with Gasteiger partial charge in [-0.2, -0.15) is 5.10 Å². The standard InChI is InChI=1S/C15H19BrFN3/c1-3-8-18-14(15-13(16)10-19-20(15)2)9-11-4-6-12(17)7-5-11/h4-7,10,14,18H,3,8-9H2,1-2H3. The van der Waals surface area contributed by atoms with Crippen molar-refractivity contribution in [2.45, 2.75) is 25.8 Å². The van der Waals surface area contributed by atoms with Gasteiger partial charge >= 0.3 is 0 Å². The normalized spacial score (nSPS) is 12.6. The number of hydrogen-bond donors (Lipinski definition) is 1. The third-order valence-corrected chi connectivity index (χ3v) is 3.87. The number of halogens is 2. The van der Waals surface area contributed by atoms with Gasteiger partial charge in [0.15, 0.2) is 0 Å². The minimum atomic E-state index is -0.200. The van der Waals surface area contributed by atoms with Gasteiger partial charge < -0.3 is 5.32 Å². The van der Waals surface area contributed by atoms with E-state index in [1.807, 2.05) is 23.9 Å². The van der Waals surface area contributed by atoms with Gasteiger partial charge in [0.05, 0.1) is 22.4 Å². The second-order valence-electron chi connectivity index (χ2n) is 4.84. The lowest BCUT2D eigenvalue weighted by atomic mass is 10.0. The molecule has 1 unspecified atom stereocenters. The van der Waals surface area contributed by atoms with Crippen molar-refractivity contribution in [3.63, 3.8) is 0 Å². The van der Waals surface area contributed by atoms with E-state index in [2.05, 4.69) is 33.3 Å². The first-order chi connectivity index (χ1) is 9.61. The Labute approximate surface area is 127 Å². The lowest BCUT2D eigenvalue weighted by Crippen LogP contribution is -2.26. The number of nitrogens with one attached hydrogen (secondary N) is 1. The van der Waals surface area contributed by atoms with Gasteiger partial charge in [0.2, 0.25) is 0 Å². The minimum absolute atomic E-state index is 0.155. The summed E-state index contributed by atoms with van der Waals surface area (Å²) in [5.74, 6) is -0.200. The number of benzene rings is 1. The van der Waals surface area contributed by atoms with Crippen molar-refractivity contribution in [1.29, 1.82) is 0 Å². The van der Waals surface area contributed by atoms with E-state index < -0.39 is 0 Å². The SMILES string of the molecule is CCCNC(Cc1ccc(F)cc1)c1c(Br)cnn1C. The summed E-state index contributed by atoms with van der Waals surface area (Å²) < 4.78 is 15.9. The zero-order valence-corrected chi connectivity index (χ0v) is 13.3. The lowest BCUT2D eigenvalue weighted by Gasteiger charge is -2.20. The van der Waals surface area contributed by atoms with Crippen molar-refractivity contribution >= 4 is 15.9 Å². The lowest BCUT2D eigenvalue weighted by molar-refractivity contribution is 0.491. The molecule has 1 N–H and O–H groups in total. The Hall–Kier alpha value is -1.20. The molecule has 2 rings (SSSR count). The van der Waals surface area contributed by atoms with E-state index in [-0.39, 0.29) is 11.9 Å². The molecule has 0 spiro atoms. The predicted molar refractivity (Wildman–Crippen MR) is 82.0 cm³/mol. The first kappa shape index (κ1) is 15.2. The molecule has 1 aromatic heterocycles. The molecule has 0 aliphatic heterocycles. The molecule has 0 bridgehead atoms. The summed E-state index contributed by atoms with van der Waals surface area (Å²) in [6.07, 6.45) is 3.68. The Bertz CT molecular complexity index is 531. The maximum Gasteiger partial charge on any atom is 0.123 e. The van der Waals surface area contributed by atoms with E-state index in [4.69, 9.17) is 0 Å². The van der Waals surface area contributed by atoms with Crippen LogP contribution in [0.25, 0.3) is 0 Å². The molecule has 3 nitrogen and oxygen atoms in total. The Morgan fingerprint density at radius 3 is 2.60 bits per heavy atom. The van der Waals surface area contributed by atoms with E-state index >= 15 is 0 Å². The molecular formula is C15H19BrFN3. The fourth-order valence-electron chi connectivity index (χ4n) is 2.25. The molecule has 0 saturated carbocycles. The molecule has 0 amide bonds. The molecule has 20 heavy (non-hydrogen) atoms. The highest BCUT2D eigenvalue weighted by Gasteiger charge is 2.18. The second kappa shape index (κ2) is 6.99. The molecule has 0 saturated heterocycles. The van der Waals surface area contributed by atoms with Crippen LogP contribution < -0.4 is 5.32 Å². The zero-order valence-electron chi connectivity index (χ0n) is 11.7. The fourth-order valence-corrected chi connectivity index (χ4v) is 2.88. The van der Waals surface area contributed by atoms with E-state index in [9.17, 15) is 4.39 Å². The van der Waals surface area contributed by atoms with E-state index in [0.717, 1.165) is 35.1 Å². The summed E-state index contributed by atoms with van der Waals surface area (Å²) in [4.78, 5) is 0. The molecule has 0 fully saturated rings. The van der Waals surface area contributed by atoms with Gasteiger partial charge in [-0.05, 0) is 53.0 Å². The van der Waals surface area contributed by atoms with Crippen molar-refractivity contribution < 1.29 is 4.39 Å². The highest BCUT2D eigenvalue weighted by atomic mass is 79.9. The van der Waals surface area contributed by atoms with Crippen molar-refractivity contribution in [2.24, 2.45) is 7.05 Å². The molecule has 1 atom stereocenters. The van der Waals surface area contributed by atoms with E-state index in [1.165, 1.54) is 12.1 Å². The fraction of sp³-hybridized carbons (Fsp3) is 0.400. The summed E-state index contributed by atoms with van der Waals surface area (Å²) in [7, 11) is 1.94. The number of nitrogens with zero attached hydrogens (tertiary/aromatic N) is 2. The van der Waals surface area contributed by atoms with Crippen molar-refractivity contribution in [2.75, 3.05) is 6.54 Å². The van der Waals surface area contributed by atoms with Crippen LogP contribution in [0.1, 0.15) is 30.6 Å². The first-order valence-corrected chi connectivity index (χ1v) is 7.56. The van der Waals surface area contributed by atoms with Gasteiger partial charge in [-0.1, -0.05) is 19.1 Å². The maximum absolute atomic E-state index is 13.0. The molecule has 0 aliphatic carbocycles. The molecule has 5 heteroatoms. The molecular weight excluding hydrogens is 321 g/mol. The van der Waals surface area contributed by atoms with Crippen molar-refractivity contribution in [1.82, 2.24) is 15.1 Å². The number of aromatic nitrogens is 2. The average Bonchev–Trinajstić information content (AvgIpc) is 2.77. The Balaban J connectivity index is 2.21.